The van der Waals surface area contributed by atoms with Crippen LogP contribution in [0, 0.1) is 0 Å². The lowest BCUT2D eigenvalue weighted by Gasteiger charge is -2.27. The van der Waals surface area contributed by atoms with Crippen molar-refractivity contribution < 1.29 is 8.42 Å². The van der Waals surface area contributed by atoms with Crippen LogP contribution in [0.2, 0.25) is 0 Å². The van der Waals surface area contributed by atoms with E-state index in [4.69, 9.17) is 0 Å². The Labute approximate surface area is 161 Å². The van der Waals surface area contributed by atoms with Gasteiger partial charge in [0.25, 0.3) is 0 Å². The van der Waals surface area contributed by atoms with Crippen LogP contribution >= 0.6 is 0 Å². The first kappa shape index (κ1) is 19.5. The topological polar surface area (TPSA) is 88.1 Å². The highest BCUT2D eigenvalue weighted by molar-refractivity contribution is 7.91. The van der Waals surface area contributed by atoms with Crippen molar-refractivity contribution in [2.75, 3.05) is 28.3 Å². The zero-order chi connectivity index (χ0) is 19.4. The van der Waals surface area contributed by atoms with Gasteiger partial charge in [0, 0.05) is 18.3 Å². The van der Waals surface area contributed by atoms with Crippen molar-refractivity contribution in [3.8, 4) is 0 Å². The van der Waals surface area contributed by atoms with Crippen LogP contribution in [0.3, 0.4) is 0 Å². The van der Waals surface area contributed by atoms with Gasteiger partial charge in [0.05, 0.1) is 17.7 Å². The van der Waals surface area contributed by atoms with Crippen molar-refractivity contribution >= 4 is 27.3 Å². The van der Waals surface area contributed by atoms with Crippen LogP contribution in [0.5, 0.6) is 0 Å². The molecule has 1 aromatic carbocycles. The summed E-state index contributed by atoms with van der Waals surface area (Å²) >= 11 is 0. The SMILES string of the molecule is CCc1cccc(CC)c1Nc1nncc(N(CC)C2CCS(=O)(=O)C2)n1. The summed E-state index contributed by atoms with van der Waals surface area (Å²) in [5.74, 6) is 1.50. The van der Waals surface area contributed by atoms with Crippen LogP contribution in [0.4, 0.5) is 17.5 Å². The molecule has 0 aliphatic carbocycles. The van der Waals surface area contributed by atoms with Crippen molar-refractivity contribution in [3.63, 3.8) is 0 Å². The van der Waals surface area contributed by atoms with Crippen LogP contribution in [0.1, 0.15) is 38.3 Å². The molecule has 7 nitrogen and oxygen atoms in total. The van der Waals surface area contributed by atoms with Gasteiger partial charge in [0.1, 0.15) is 0 Å². The first-order valence-electron chi connectivity index (χ1n) is 9.52. The van der Waals surface area contributed by atoms with Gasteiger partial charge in [-0.25, -0.2) is 8.42 Å². The quantitative estimate of drug-likeness (QED) is 0.779. The van der Waals surface area contributed by atoms with E-state index >= 15 is 0 Å². The highest BCUT2D eigenvalue weighted by Crippen LogP contribution is 2.27. The summed E-state index contributed by atoms with van der Waals surface area (Å²) in [7, 11) is -2.96. The lowest BCUT2D eigenvalue weighted by Crippen LogP contribution is -2.37. The molecule has 1 aromatic heterocycles. The maximum absolute atomic E-state index is 11.9. The van der Waals surface area contributed by atoms with Gasteiger partial charge in [-0.2, -0.15) is 10.1 Å². The molecular formula is C19H27N5O2S. The number of para-hydroxylation sites is 1. The fraction of sp³-hybridized carbons (Fsp3) is 0.526. The van der Waals surface area contributed by atoms with Gasteiger partial charge < -0.3 is 10.2 Å². The fourth-order valence-electron chi connectivity index (χ4n) is 3.63. The molecule has 1 unspecified atom stereocenters. The zero-order valence-corrected chi connectivity index (χ0v) is 17.0. The fourth-order valence-corrected chi connectivity index (χ4v) is 5.36. The number of aryl methyl sites for hydroxylation is 2. The number of benzene rings is 1. The number of anilines is 3. The average Bonchev–Trinajstić information content (AvgIpc) is 3.02. The summed E-state index contributed by atoms with van der Waals surface area (Å²) < 4.78 is 23.7. The Kier molecular flexibility index (Phi) is 5.94. The van der Waals surface area contributed by atoms with Crippen LogP contribution in [-0.2, 0) is 22.7 Å². The number of nitrogens with zero attached hydrogens (tertiary/aromatic N) is 4. The molecule has 2 aromatic rings. The van der Waals surface area contributed by atoms with Gasteiger partial charge >= 0.3 is 0 Å². The third kappa shape index (κ3) is 4.37. The largest absolute Gasteiger partial charge is 0.351 e. The van der Waals surface area contributed by atoms with Crippen LogP contribution in [-0.4, -0.2) is 47.7 Å². The summed E-state index contributed by atoms with van der Waals surface area (Å²) in [6.07, 6.45) is 4.04. The molecule has 1 saturated heterocycles. The predicted octanol–water partition coefficient (Wildman–Crippen LogP) is 2.75. The second-order valence-electron chi connectivity index (χ2n) is 6.76. The summed E-state index contributed by atoms with van der Waals surface area (Å²) in [6, 6.07) is 6.21. The lowest BCUT2D eigenvalue weighted by atomic mass is 10.0. The number of nitrogens with one attached hydrogen (secondary N) is 1. The molecule has 1 N–H and O–H groups in total. The minimum Gasteiger partial charge on any atom is -0.351 e. The average molecular weight is 390 g/mol. The molecule has 0 radical (unpaired) electrons. The Morgan fingerprint density at radius 1 is 1.19 bits per heavy atom. The van der Waals surface area contributed by atoms with E-state index in [1.807, 2.05) is 11.8 Å². The molecule has 1 aliphatic heterocycles. The molecule has 146 valence electrons. The number of sulfone groups is 1. The van der Waals surface area contributed by atoms with Crippen molar-refractivity contribution in [1.82, 2.24) is 15.2 Å². The molecule has 1 fully saturated rings. The summed E-state index contributed by atoms with van der Waals surface area (Å²) in [6.45, 7) is 6.91. The van der Waals surface area contributed by atoms with E-state index in [0.717, 1.165) is 18.5 Å². The molecule has 1 atom stereocenters. The van der Waals surface area contributed by atoms with E-state index in [1.165, 1.54) is 11.1 Å². The van der Waals surface area contributed by atoms with Gasteiger partial charge in [0.15, 0.2) is 15.7 Å². The standard InChI is InChI=1S/C19H27N5O2S/c1-4-14-8-7-9-15(5-2)18(14)22-19-21-17(12-20-23-19)24(6-3)16-10-11-27(25,26)13-16/h7-9,12,16H,4-6,10-11,13H2,1-3H3,(H,21,22,23). The van der Waals surface area contributed by atoms with Gasteiger partial charge in [-0.1, -0.05) is 32.0 Å². The van der Waals surface area contributed by atoms with Crippen LogP contribution in [0.15, 0.2) is 24.4 Å². The normalized spacial score (nSPS) is 18.4. The van der Waals surface area contributed by atoms with Crippen LogP contribution < -0.4 is 10.2 Å². The van der Waals surface area contributed by atoms with Gasteiger partial charge in [0.2, 0.25) is 5.95 Å². The first-order chi connectivity index (χ1) is 13.0. The van der Waals surface area contributed by atoms with E-state index in [1.54, 1.807) is 6.20 Å². The lowest BCUT2D eigenvalue weighted by molar-refractivity contribution is 0.599. The van der Waals surface area contributed by atoms with Gasteiger partial charge in [-0.05, 0) is 37.3 Å². The van der Waals surface area contributed by atoms with E-state index in [-0.39, 0.29) is 17.5 Å². The van der Waals surface area contributed by atoms with Crippen molar-refractivity contribution in [2.24, 2.45) is 0 Å². The van der Waals surface area contributed by atoms with E-state index in [0.29, 0.717) is 24.7 Å². The molecule has 0 spiro atoms. The van der Waals surface area contributed by atoms with Crippen molar-refractivity contribution in [2.45, 2.75) is 46.1 Å². The van der Waals surface area contributed by atoms with Crippen LogP contribution in [0.25, 0.3) is 0 Å². The monoisotopic (exact) mass is 389 g/mol. The summed E-state index contributed by atoms with van der Waals surface area (Å²) in [4.78, 5) is 6.64. The number of aromatic nitrogens is 3. The Bertz CT molecular complexity index is 878. The highest BCUT2D eigenvalue weighted by Gasteiger charge is 2.32. The smallest absolute Gasteiger partial charge is 0.249 e. The maximum atomic E-state index is 11.9. The predicted molar refractivity (Wildman–Crippen MR) is 108 cm³/mol. The third-order valence-corrected chi connectivity index (χ3v) is 6.82. The molecule has 0 saturated carbocycles. The molecule has 0 amide bonds. The van der Waals surface area contributed by atoms with Gasteiger partial charge in [-0.15, -0.1) is 5.10 Å². The first-order valence-corrected chi connectivity index (χ1v) is 11.3. The second-order valence-corrected chi connectivity index (χ2v) is 8.99. The number of hydrogen-bond donors (Lipinski definition) is 1. The maximum Gasteiger partial charge on any atom is 0.249 e. The molecule has 1 aliphatic rings. The molecule has 0 bridgehead atoms. The van der Waals surface area contributed by atoms with E-state index < -0.39 is 9.84 Å². The van der Waals surface area contributed by atoms with E-state index in [2.05, 4.69) is 52.5 Å². The second kappa shape index (κ2) is 8.21. The zero-order valence-electron chi connectivity index (χ0n) is 16.1. The third-order valence-electron chi connectivity index (χ3n) is 5.07. The molecular weight excluding hydrogens is 362 g/mol. The van der Waals surface area contributed by atoms with Crippen molar-refractivity contribution in [3.05, 3.63) is 35.5 Å². The Morgan fingerprint density at radius 3 is 2.44 bits per heavy atom. The number of hydrogen-bond acceptors (Lipinski definition) is 7. The number of rotatable bonds is 7. The summed E-state index contributed by atoms with van der Waals surface area (Å²) in [5.41, 5.74) is 3.45. The minimum absolute atomic E-state index is 0.0568. The Balaban J connectivity index is 1.88. The minimum atomic E-state index is -2.96. The van der Waals surface area contributed by atoms with E-state index in [9.17, 15) is 8.42 Å². The van der Waals surface area contributed by atoms with Gasteiger partial charge in [-0.3, -0.25) is 0 Å². The Hall–Kier alpha value is -2.22. The summed E-state index contributed by atoms with van der Waals surface area (Å²) in [5, 5.41) is 11.6. The highest BCUT2D eigenvalue weighted by atomic mass is 32.2. The Morgan fingerprint density at radius 2 is 1.89 bits per heavy atom. The van der Waals surface area contributed by atoms with Crippen molar-refractivity contribution in [1.29, 1.82) is 0 Å². The molecule has 27 heavy (non-hydrogen) atoms. The molecule has 3 rings (SSSR count). The molecule has 2 heterocycles. The molecule has 8 heteroatoms.